The van der Waals surface area contributed by atoms with Crippen LogP contribution in [0.1, 0.15) is 62.1 Å². The highest BCUT2D eigenvalue weighted by Gasteiger charge is 2.31. The molecule has 2 atom stereocenters. The number of amides is 2. The zero-order valence-corrected chi connectivity index (χ0v) is 18.8. The number of methoxy groups -OCH3 is 1. The van der Waals surface area contributed by atoms with E-state index < -0.39 is 0 Å². The summed E-state index contributed by atoms with van der Waals surface area (Å²) in [6.07, 6.45) is 6.37. The second kappa shape index (κ2) is 10.7. The summed E-state index contributed by atoms with van der Waals surface area (Å²) in [7, 11) is 1.53. The maximum absolute atomic E-state index is 12.4. The first kappa shape index (κ1) is 23.0. The number of carbonyl (C=O) groups excluding carboxylic acids is 2. The number of pyridine rings is 1. The van der Waals surface area contributed by atoms with E-state index in [1.165, 1.54) is 7.11 Å². The Bertz CT molecular complexity index is 956. The van der Waals surface area contributed by atoms with Gasteiger partial charge < -0.3 is 25.2 Å². The van der Waals surface area contributed by atoms with Crippen LogP contribution < -0.4 is 15.4 Å². The van der Waals surface area contributed by atoms with E-state index in [2.05, 4.69) is 25.8 Å². The molecule has 2 amide bonds. The molecule has 0 radical (unpaired) electrons. The van der Waals surface area contributed by atoms with Crippen LogP contribution in [0.5, 0.6) is 5.88 Å². The number of nitrogens with zero attached hydrogens (tertiary/aromatic N) is 2. The van der Waals surface area contributed by atoms with Crippen LogP contribution in [0.4, 0.5) is 10.6 Å². The lowest BCUT2D eigenvalue weighted by Crippen LogP contribution is -2.40. The molecule has 4 N–H and O–H groups in total. The van der Waals surface area contributed by atoms with Gasteiger partial charge in [-0.25, -0.2) is 9.78 Å². The van der Waals surface area contributed by atoms with Gasteiger partial charge in [-0.2, -0.15) is 5.10 Å². The number of aromatic amines is 1. The van der Waals surface area contributed by atoms with E-state index in [1.54, 1.807) is 18.3 Å². The number of hydrogen-bond donors (Lipinski definition) is 4. The number of H-pyrrole nitrogens is 1. The van der Waals surface area contributed by atoms with E-state index in [1.807, 2.05) is 6.07 Å². The fourth-order valence-corrected chi connectivity index (χ4v) is 4.56. The van der Waals surface area contributed by atoms with Crippen molar-refractivity contribution in [2.75, 3.05) is 12.4 Å². The lowest BCUT2D eigenvalue weighted by molar-refractivity contribution is -0.115. The summed E-state index contributed by atoms with van der Waals surface area (Å²) in [5, 5.41) is 22.5. The Morgan fingerprint density at radius 3 is 2.79 bits per heavy atom. The first-order valence-corrected chi connectivity index (χ1v) is 11.5. The summed E-state index contributed by atoms with van der Waals surface area (Å²) >= 11 is 0. The minimum atomic E-state index is -0.382. The molecule has 0 bridgehead atoms. The van der Waals surface area contributed by atoms with Gasteiger partial charge in [-0.05, 0) is 56.6 Å². The van der Waals surface area contributed by atoms with Crippen LogP contribution in [0.15, 0.2) is 24.4 Å². The van der Waals surface area contributed by atoms with E-state index in [4.69, 9.17) is 9.47 Å². The molecular formula is C23H31N5O5. The molecule has 4 rings (SSSR count). The van der Waals surface area contributed by atoms with Gasteiger partial charge in [-0.3, -0.25) is 9.89 Å². The summed E-state index contributed by atoms with van der Waals surface area (Å²) in [5.74, 6) is 0.945. The van der Waals surface area contributed by atoms with Gasteiger partial charge >= 0.3 is 6.09 Å². The minimum Gasteiger partial charge on any atom is -0.481 e. The lowest BCUT2D eigenvalue weighted by atomic mass is 9.93. The first-order valence-electron chi connectivity index (χ1n) is 11.5. The number of rotatable bonds is 7. The summed E-state index contributed by atoms with van der Waals surface area (Å²) in [6, 6.07) is 5.41. The Morgan fingerprint density at radius 2 is 2.00 bits per heavy atom. The molecule has 2 fully saturated rings. The van der Waals surface area contributed by atoms with Crippen molar-refractivity contribution in [3.8, 4) is 5.88 Å². The Labute approximate surface area is 192 Å². The molecule has 0 spiro atoms. The Balaban J connectivity index is 1.22. The third-order valence-corrected chi connectivity index (χ3v) is 6.35. The molecule has 0 saturated heterocycles. The molecule has 2 aliphatic rings. The van der Waals surface area contributed by atoms with Crippen molar-refractivity contribution in [3.05, 3.63) is 35.7 Å². The Morgan fingerprint density at radius 1 is 1.18 bits per heavy atom. The molecule has 33 heavy (non-hydrogen) atoms. The van der Waals surface area contributed by atoms with E-state index in [-0.39, 0.29) is 42.6 Å². The summed E-state index contributed by atoms with van der Waals surface area (Å²) in [6.45, 7) is 0. The molecule has 2 saturated carbocycles. The van der Waals surface area contributed by atoms with E-state index >= 15 is 0 Å². The largest absolute Gasteiger partial charge is 0.481 e. The van der Waals surface area contributed by atoms with Gasteiger partial charge in [0, 0.05) is 36.0 Å². The highest BCUT2D eigenvalue weighted by Crippen LogP contribution is 2.36. The highest BCUT2D eigenvalue weighted by atomic mass is 16.6. The first-order chi connectivity index (χ1) is 16.0. The number of hydrogen-bond acceptors (Lipinski definition) is 7. The molecule has 178 valence electrons. The fraction of sp³-hybridized carbons (Fsp3) is 0.565. The molecule has 2 aliphatic carbocycles. The van der Waals surface area contributed by atoms with Crippen LogP contribution in [0, 0.1) is 0 Å². The van der Waals surface area contributed by atoms with E-state index in [9.17, 15) is 14.7 Å². The fourth-order valence-electron chi connectivity index (χ4n) is 4.56. The Kier molecular flexibility index (Phi) is 7.43. The van der Waals surface area contributed by atoms with Crippen LogP contribution in [0.25, 0.3) is 0 Å². The van der Waals surface area contributed by atoms with Gasteiger partial charge in [-0.1, -0.05) is 0 Å². The molecule has 0 aliphatic heterocycles. The van der Waals surface area contributed by atoms with Crippen LogP contribution in [0.3, 0.4) is 0 Å². The monoisotopic (exact) mass is 457 g/mol. The quantitative estimate of drug-likeness (QED) is 0.501. The van der Waals surface area contributed by atoms with Crippen molar-refractivity contribution >= 4 is 17.8 Å². The number of aliphatic hydroxyl groups excluding tert-OH is 1. The molecule has 0 aromatic carbocycles. The van der Waals surface area contributed by atoms with Crippen molar-refractivity contribution in [2.24, 2.45) is 0 Å². The maximum Gasteiger partial charge on any atom is 0.407 e. The number of aromatic nitrogens is 3. The summed E-state index contributed by atoms with van der Waals surface area (Å²) in [4.78, 5) is 28.6. The SMILES string of the molecule is COc1cc(CC(=O)Nc2cc([C@@H]3CC[C@H](OC(=O)N[C@H]4CC[C@@H](O)CC4)C3)[nH]n2)ccn1. The van der Waals surface area contributed by atoms with Crippen LogP contribution in [-0.4, -0.2) is 57.6 Å². The number of alkyl carbamates (subject to hydrolysis) is 1. The number of anilines is 1. The van der Waals surface area contributed by atoms with Crippen LogP contribution >= 0.6 is 0 Å². The summed E-state index contributed by atoms with van der Waals surface area (Å²) in [5.41, 5.74) is 1.72. The smallest absolute Gasteiger partial charge is 0.407 e. The van der Waals surface area contributed by atoms with Crippen LogP contribution in [0.2, 0.25) is 0 Å². The van der Waals surface area contributed by atoms with E-state index in [0.717, 1.165) is 36.9 Å². The zero-order valence-electron chi connectivity index (χ0n) is 18.8. The van der Waals surface area contributed by atoms with Crippen molar-refractivity contribution in [3.63, 3.8) is 0 Å². The number of ether oxygens (including phenoxy) is 2. The van der Waals surface area contributed by atoms with Gasteiger partial charge in [0.1, 0.15) is 6.10 Å². The molecule has 2 heterocycles. The second-order valence-electron chi connectivity index (χ2n) is 8.83. The van der Waals surface area contributed by atoms with Gasteiger partial charge in [0.25, 0.3) is 0 Å². The van der Waals surface area contributed by atoms with Crippen LogP contribution in [-0.2, 0) is 16.0 Å². The minimum absolute atomic E-state index is 0.0742. The van der Waals surface area contributed by atoms with Gasteiger partial charge in [0.2, 0.25) is 11.8 Å². The number of nitrogens with one attached hydrogen (secondary N) is 3. The maximum atomic E-state index is 12.4. The highest BCUT2D eigenvalue weighted by molar-refractivity contribution is 5.91. The third-order valence-electron chi connectivity index (χ3n) is 6.35. The molecule has 10 nitrogen and oxygen atoms in total. The third kappa shape index (κ3) is 6.44. The average molecular weight is 458 g/mol. The standard InChI is InChI=1S/C23H31N5O5/c1-32-22-11-14(8-9-24-22)10-21(30)26-20-13-19(27-28-20)15-2-7-18(12-15)33-23(31)25-16-3-5-17(29)6-4-16/h8-9,11,13,15-18,29H,2-7,10,12H2,1H3,(H,25,31)(H2,26,27,28,30)/t15-,16-,17+,18+/m1/s1. The predicted molar refractivity (Wildman–Crippen MR) is 120 cm³/mol. The lowest BCUT2D eigenvalue weighted by Gasteiger charge is -2.26. The molecule has 2 aromatic rings. The van der Waals surface area contributed by atoms with Crippen molar-refractivity contribution in [1.29, 1.82) is 0 Å². The summed E-state index contributed by atoms with van der Waals surface area (Å²) < 4.78 is 10.7. The number of aliphatic hydroxyl groups is 1. The molecule has 2 aromatic heterocycles. The molecular weight excluding hydrogens is 426 g/mol. The predicted octanol–water partition coefficient (Wildman–Crippen LogP) is 2.66. The second-order valence-corrected chi connectivity index (χ2v) is 8.83. The topological polar surface area (TPSA) is 138 Å². The molecule has 0 unspecified atom stereocenters. The van der Waals surface area contributed by atoms with Crippen molar-refractivity contribution in [2.45, 2.75) is 75.5 Å². The zero-order chi connectivity index (χ0) is 23.2. The molecule has 10 heteroatoms. The van der Waals surface area contributed by atoms with Gasteiger partial charge in [-0.15, -0.1) is 0 Å². The Hall–Kier alpha value is -3.14. The van der Waals surface area contributed by atoms with Gasteiger partial charge in [0.15, 0.2) is 5.82 Å². The number of carbonyl (C=O) groups is 2. The van der Waals surface area contributed by atoms with Crippen molar-refractivity contribution < 1.29 is 24.2 Å². The van der Waals surface area contributed by atoms with Crippen molar-refractivity contribution in [1.82, 2.24) is 20.5 Å². The average Bonchev–Trinajstić information content (AvgIpc) is 3.45. The van der Waals surface area contributed by atoms with Gasteiger partial charge in [0.05, 0.1) is 19.6 Å². The van der Waals surface area contributed by atoms with E-state index in [0.29, 0.717) is 31.0 Å². The normalized spacial score (nSPS) is 24.8.